The number of aliphatic carboxylic acids is 1. The predicted molar refractivity (Wildman–Crippen MR) is 125 cm³/mol. The van der Waals surface area contributed by atoms with Gasteiger partial charge in [-0.3, -0.25) is 9.59 Å². The lowest BCUT2D eigenvalue weighted by molar-refractivity contribution is -0.136. The molecular formula is C27H29NO4. The van der Waals surface area contributed by atoms with Crippen molar-refractivity contribution in [3.05, 3.63) is 101 Å². The Balaban J connectivity index is 1.86. The minimum atomic E-state index is -0.880. The van der Waals surface area contributed by atoms with Gasteiger partial charge < -0.3 is 14.7 Å². The normalized spacial score (nSPS) is 10.5. The third-order valence-corrected chi connectivity index (χ3v) is 5.16. The molecule has 166 valence electrons. The molecule has 0 bridgehead atoms. The number of ether oxygens (including phenoxy) is 1. The van der Waals surface area contributed by atoms with E-state index < -0.39 is 5.97 Å². The largest absolute Gasteiger partial charge is 0.489 e. The van der Waals surface area contributed by atoms with Gasteiger partial charge in [0.15, 0.2) is 0 Å². The minimum absolute atomic E-state index is 0.0212. The summed E-state index contributed by atoms with van der Waals surface area (Å²) < 4.78 is 5.85. The van der Waals surface area contributed by atoms with Crippen molar-refractivity contribution in [2.45, 2.75) is 39.3 Å². The molecule has 0 saturated heterocycles. The third-order valence-electron chi connectivity index (χ3n) is 5.16. The third kappa shape index (κ3) is 6.71. The van der Waals surface area contributed by atoms with Crippen molar-refractivity contribution in [3.8, 4) is 5.75 Å². The number of hydrogen-bond acceptors (Lipinski definition) is 3. The van der Waals surface area contributed by atoms with Gasteiger partial charge >= 0.3 is 5.97 Å². The highest BCUT2D eigenvalue weighted by atomic mass is 16.5. The fourth-order valence-electron chi connectivity index (χ4n) is 3.55. The first-order valence-corrected chi connectivity index (χ1v) is 10.9. The van der Waals surface area contributed by atoms with Gasteiger partial charge in [0, 0.05) is 25.1 Å². The van der Waals surface area contributed by atoms with Gasteiger partial charge in [0.2, 0.25) is 0 Å². The standard InChI is InChI=1S/C27H29NO4/c1-2-17-28(19-21-9-5-3-6-10-21)27(31)25-18-22(13-14-23(25)15-16-26(29)30)20-32-24-11-7-4-8-12-24/h3-14,18H,2,15-17,19-20H2,1H3,(H,29,30). The van der Waals surface area contributed by atoms with Crippen LogP contribution in [0, 0.1) is 0 Å². The van der Waals surface area contributed by atoms with Crippen molar-refractivity contribution < 1.29 is 19.4 Å². The number of benzene rings is 3. The Morgan fingerprint density at radius 2 is 1.59 bits per heavy atom. The second-order valence-electron chi connectivity index (χ2n) is 7.70. The van der Waals surface area contributed by atoms with Gasteiger partial charge in [-0.15, -0.1) is 0 Å². The van der Waals surface area contributed by atoms with Crippen LogP contribution in [0.3, 0.4) is 0 Å². The molecule has 0 aliphatic carbocycles. The second-order valence-corrected chi connectivity index (χ2v) is 7.70. The van der Waals surface area contributed by atoms with Crippen LogP contribution in [0.5, 0.6) is 5.75 Å². The first-order chi connectivity index (χ1) is 15.6. The molecule has 3 aromatic carbocycles. The molecule has 3 aromatic rings. The summed E-state index contributed by atoms with van der Waals surface area (Å²) in [5, 5.41) is 9.14. The quantitative estimate of drug-likeness (QED) is 0.445. The maximum atomic E-state index is 13.6. The molecule has 0 fully saturated rings. The smallest absolute Gasteiger partial charge is 0.303 e. The van der Waals surface area contributed by atoms with Crippen LogP contribution in [-0.2, 0) is 24.4 Å². The SMILES string of the molecule is CCCN(Cc1ccccc1)C(=O)c1cc(COc2ccccc2)ccc1CCC(=O)O. The van der Waals surface area contributed by atoms with E-state index in [1.165, 1.54) is 0 Å². The molecule has 5 heteroatoms. The fourth-order valence-corrected chi connectivity index (χ4v) is 3.55. The zero-order valence-corrected chi connectivity index (χ0v) is 18.4. The first-order valence-electron chi connectivity index (χ1n) is 10.9. The molecule has 1 amide bonds. The number of para-hydroxylation sites is 1. The summed E-state index contributed by atoms with van der Waals surface area (Å²) in [6.07, 6.45) is 1.12. The lowest BCUT2D eigenvalue weighted by Crippen LogP contribution is -2.32. The molecule has 0 aliphatic heterocycles. The molecular weight excluding hydrogens is 402 g/mol. The highest BCUT2D eigenvalue weighted by Gasteiger charge is 2.20. The first kappa shape index (κ1) is 23.1. The average molecular weight is 432 g/mol. The Labute approximate surface area is 189 Å². The number of nitrogens with zero attached hydrogens (tertiary/aromatic N) is 1. The van der Waals surface area contributed by atoms with Crippen LogP contribution >= 0.6 is 0 Å². The number of carbonyl (C=O) groups excluding carboxylic acids is 1. The second kappa shape index (κ2) is 11.7. The number of carboxylic acid groups (broad SMARTS) is 1. The molecule has 0 heterocycles. The van der Waals surface area contributed by atoms with E-state index in [0.717, 1.165) is 28.9 Å². The van der Waals surface area contributed by atoms with Crippen LogP contribution in [0.15, 0.2) is 78.9 Å². The van der Waals surface area contributed by atoms with E-state index in [9.17, 15) is 9.59 Å². The minimum Gasteiger partial charge on any atom is -0.489 e. The summed E-state index contributed by atoms with van der Waals surface area (Å²) in [5.41, 5.74) is 3.22. The number of amides is 1. The number of rotatable bonds is 11. The molecule has 0 aliphatic rings. The molecule has 5 nitrogen and oxygen atoms in total. The van der Waals surface area contributed by atoms with Gasteiger partial charge in [0.05, 0.1) is 0 Å². The summed E-state index contributed by atoms with van der Waals surface area (Å²) in [6.45, 7) is 3.50. The summed E-state index contributed by atoms with van der Waals surface area (Å²) in [5.74, 6) is -0.209. The zero-order chi connectivity index (χ0) is 22.8. The molecule has 3 rings (SSSR count). The summed E-state index contributed by atoms with van der Waals surface area (Å²) in [7, 11) is 0. The van der Waals surface area contributed by atoms with E-state index in [4.69, 9.17) is 9.84 Å². The molecule has 0 aromatic heterocycles. The Morgan fingerprint density at radius 1 is 0.906 bits per heavy atom. The number of carbonyl (C=O) groups is 2. The maximum absolute atomic E-state index is 13.6. The Kier molecular flexibility index (Phi) is 8.44. The zero-order valence-electron chi connectivity index (χ0n) is 18.4. The van der Waals surface area contributed by atoms with Crippen LogP contribution in [0.1, 0.15) is 46.8 Å². The van der Waals surface area contributed by atoms with E-state index in [0.29, 0.717) is 31.7 Å². The van der Waals surface area contributed by atoms with Crippen LogP contribution in [-0.4, -0.2) is 28.4 Å². The van der Waals surface area contributed by atoms with Gasteiger partial charge in [-0.05, 0) is 47.7 Å². The molecule has 1 N–H and O–H groups in total. The van der Waals surface area contributed by atoms with Gasteiger partial charge in [0.1, 0.15) is 12.4 Å². The van der Waals surface area contributed by atoms with E-state index in [-0.39, 0.29) is 12.3 Å². The van der Waals surface area contributed by atoms with Gasteiger partial charge in [-0.25, -0.2) is 0 Å². The molecule has 0 atom stereocenters. The average Bonchev–Trinajstić information content (AvgIpc) is 2.82. The van der Waals surface area contributed by atoms with Crippen molar-refractivity contribution in [1.82, 2.24) is 4.90 Å². The fraction of sp³-hybridized carbons (Fsp3) is 0.259. The maximum Gasteiger partial charge on any atom is 0.303 e. The molecule has 32 heavy (non-hydrogen) atoms. The number of carboxylic acids is 1. The summed E-state index contributed by atoms with van der Waals surface area (Å²) >= 11 is 0. The van der Waals surface area contributed by atoms with E-state index in [2.05, 4.69) is 0 Å². The highest BCUT2D eigenvalue weighted by molar-refractivity contribution is 5.96. The monoisotopic (exact) mass is 431 g/mol. The topological polar surface area (TPSA) is 66.8 Å². The number of hydrogen-bond donors (Lipinski definition) is 1. The van der Waals surface area contributed by atoms with Crippen LogP contribution in [0.25, 0.3) is 0 Å². The van der Waals surface area contributed by atoms with Gasteiger partial charge in [0.25, 0.3) is 5.91 Å². The van der Waals surface area contributed by atoms with Crippen LogP contribution in [0.4, 0.5) is 0 Å². The lowest BCUT2D eigenvalue weighted by atomic mass is 9.98. The predicted octanol–water partition coefficient (Wildman–Crippen LogP) is 5.34. The molecule has 0 radical (unpaired) electrons. The van der Waals surface area contributed by atoms with Crippen LogP contribution in [0.2, 0.25) is 0 Å². The Hall–Kier alpha value is -3.60. The van der Waals surface area contributed by atoms with E-state index in [1.54, 1.807) is 0 Å². The van der Waals surface area contributed by atoms with Crippen molar-refractivity contribution in [3.63, 3.8) is 0 Å². The van der Waals surface area contributed by atoms with Crippen molar-refractivity contribution in [2.75, 3.05) is 6.54 Å². The molecule has 0 saturated carbocycles. The highest BCUT2D eigenvalue weighted by Crippen LogP contribution is 2.20. The summed E-state index contributed by atoms with van der Waals surface area (Å²) in [6, 6.07) is 25.0. The van der Waals surface area contributed by atoms with Crippen molar-refractivity contribution >= 4 is 11.9 Å². The number of aryl methyl sites for hydroxylation is 1. The van der Waals surface area contributed by atoms with Gasteiger partial charge in [-0.2, -0.15) is 0 Å². The molecule has 0 spiro atoms. The summed E-state index contributed by atoms with van der Waals surface area (Å²) in [4.78, 5) is 26.5. The Bertz CT molecular complexity index is 1020. The molecule has 0 unspecified atom stereocenters. The lowest BCUT2D eigenvalue weighted by Gasteiger charge is -2.24. The van der Waals surface area contributed by atoms with Crippen molar-refractivity contribution in [1.29, 1.82) is 0 Å². The van der Waals surface area contributed by atoms with Crippen LogP contribution < -0.4 is 4.74 Å². The Morgan fingerprint density at radius 3 is 2.25 bits per heavy atom. The van der Waals surface area contributed by atoms with Crippen molar-refractivity contribution in [2.24, 2.45) is 0 Å². The van der Waals surface area contributed by atoms with Gasteiger partial charge in [-0.1, -0.05) is 67.6 Å². The van der Waals surface area contributed by atoms with E-state index in [1.807, 2.05) is 90.7 Å². The van der Waals surface area contributed by atoms with E-state index >= 15 is 0 Å².